The molecule has 0 saturated carbocycles. The normalized spacial score (nSPS) is 4.86. The Balaban J connectivity index is -0.0000000480. The van der Waals surface area contributed by atoms with Gasteiger partial charge in [-0.15, -0.1) is 13.2 Å². The molecule has 0 saturated heterocycles. The van der Waals surface area contributed by atoms with Crippen LogP contribution in [0.15, 0.2) is 13.2 Å². The molecule has 46 valence electrons. The quantitative estimate of drug-likeness (QED) is 0.420. The van der Waals surface area contributed by atoms with Gasteiger partial charge in [0.25, 0.3) is 0 Å². The highest BCUT2D eigenvalue weighted by molar-refractivity contribution is 4.22. The summed E-state index contributed by atoms with van der Waals surface area (Å²) in [7, 11) is 0. The van der Waals surface area contributed by atoms with Crippen LogP contribution in [-0.4, -0.2) is 28.9 Å². The standard InChI is InChI=1S/C2H6O2.C2H4.H2O/c3-1-2-4;1-2;/h3-4H,1-2H2;1-2H2;1H2. The third kappa shape index (κ3) is 192. The van der Waals surface area contributed by atoms with E-state index in [0.29, 0.717) is 0 Å². The van der Waals surface area contributed by atoms with E-state index in [0.717, 1.165) is 0 Å². The smallest absolute Gasteiger partial charge is 0.0662 e. The fourth-order valence-corrected chi connectivity index (χ4v) is 0. The molecule has 0 amide bonds. The van der Waals surface area contributed by atoms with Crippen LogP contribution in [-0.2, 0) is 0 Å². The highest BCUT2D eigenvalue weighted by atomic mass is 16.3. The summed E-state index contributed by atoms with van der Waals surface area (Å²) in [6.07, 6.45) is 0. The Morgan fingerprint density at radius 1 is 1.00 bits per heavy atom. The summed E-state index contributed by atoms with van der Waals surface area (Å²) in [5, 5.41) is 15.2. The molecule has 0 spiro atoms. The second-order valence-corrected chi connectivity index (χ2v) is 0.447. The van der Waals surface area contributed by atoms with Crippen molar-refractivity contribution >= 4 is 0 Å². The summed E-state index contributed by atoms with van der Waals surface area (Å²) in [6.45, 7) is 5.75. The Morgan fingerprint density at radius 3 is 1.14 bits per heavy atom. The molecule has 0 rings (SSSR count). The van der Waals surface area contributed by atoms with Crippen molar-refractivity contribution in [2.45, 2.75) is 0 Å². The van der Waals surface area contributed by atoms with Gasteiger partial charge in [0.1, 0.15) is 0 Å². The Morgan fingerprint density at radius 2 is 1.14 bits per heavy atom. The third-order valence-corrected chi connectivity index (χ3v) is 0.1000. The SMILES string of the molecule is C=C.O.OCCO. The zero-order chi connectivity index (χ0) is 5.41. The molecular formula is C4H12O3. The van der Waals surface area contributed by atoms with E-state index in [-0.39, 0.29) is 18.7 Å². The first-order valence-electron chi connectivity index (χ1n) is 1.63. The lowest BCUT2D eigenvalue weighted by molar-refractivity contribution is 0.186. The van der Waals surface area contributed by atoms with E-state index in [1.165, 1.54) is 0 Å². The average Bonchev–Trinajstić information content (AvgIpc) is 1.72. The van der Waals surface area contributed by atoms with Gasteiger partial charge in [0, 0.05) is 0 Å². The van der Waals surface area contributed by atoms with Crippen LogP contribution in [0.1, 0.15) is 0 Å². The third-order valence-electron chi connectivity index (χ3n) is 0.1000. The predicted octanol–water partition coefficient (Wildman–Crippen LogP) is -1.05. The molecule has 4 N–H and O–H groups in total. The molecule has 0 radical (unpaired) electrons. The Labute approximate surface area is 43.2 Å². The van der Waals surface area contributed by atoms with Crippen molar-refractivity contribution < 1.29 is 15.7 Å². The Kier molecular flexibility index (Phi) is 104. The molecule has 3 nitrogen and oxygen atoms in total. The van der Waals surface area contributed by atoms with E-state index in [1.807, 2.05) is 0 Å². The second kappa shape index (κ2) is 45.7. The minimum Gasteiger partial charge on any atom is -0.412 e. The molecule has 0 aromatic rings. The first kappa shape index (κ1) is 16.0. The van der Waals surface area contributed by atoms with Gasteiger partial charge < -0.3 is 15.7 Å². The van der Waals surface area contributed by atoms with Gasteiger partial charge in [-0.1, -0.05) is 0 Å². The van der Waals surface area contributed by atoms with Crippen molar-refractivity contribution in [3.05, 3.63) is 13.2 Å². The first-order valence-corrected chi connectivity index (χ1v) is 1.63. The summed E-state index contributed by atoms with van der Waals surface area (Å²) < 4.78 is 0. The average molecular weight is 108 g/mol. The summed E-state index contributed by atoms with van der Waals surface area (Å²) >= 11 is 0. The van der Waals surface area contributed by atoms with Crippen LogP contribution >= 0.6 is 0 Å². The summed E-state index contributed by atoms with van der Waals surface area (Å²) in [4.78, 5) is 0. The highest BCUT2D eigenvalue weighted by Crippen LogP contribution is 1.39. The van der Waals surface area contributed by atoms with E-state index in [1.54, 1.807) is 0 Å². The summed E-state index contributed by atoms with van der Waals surface area (Å²) in [6, 6.07) is 0. The highest BCUT2D eigenvalue weighted by Gasteiger charge is 1.58. The number of rotatable bonds is 1. The van der Waals surface area contributed by atoms with Gasteiger partial charge in [0.2, 0.25) is 0 Å². The zero-order valence-electron chi connectivity index (χ0n) is 4.22. The van der Waals surface area contributed by atoms with Crippen LogP contribution in [0.2, 0.25) is 0 Å². The molecule has 0 fully saturated rings. The predicted molar refractivity (Wildman–Crippen MR) is 29.0 cm³/mol. The largest absolute Gasteiger partial charge is 0.412 e. The van der Waals surface area contributed by atoms with Crippen LogP contribution in [0.3, 0.4) is 0 Å². The van der Waals surface area contributed by atoms with Gasteiger partial charge in [0.05, 0.1) is 13.2 Å². The maximum atomic E-state index is 7.62. The maximum absolute atomic E-state index is 7.62. The van der Waals surface area contributed by atoms with Gasteiger partial charge in [-0.3, -0.25) is 0 Å². The molecule has 0 atom stereocenters. The summed E-state index contributed by atoms with van der Waals surface area (Å²) in [5.41, 5.74) is 0. The van der Waals surface area contributed by atoms with Crippen molar-refractivity contribution in [2.75, 3.05) is 13.2 Å². The maximum Gasteiger partial charge on any atom is 0.0662 e. The van der Waals surface area contributed by atoms with Gasteiger partial charge in [-0.05, 0) is 0 Å². The fourth-order valence-electron chi connectivity index (χ4n) is 0. The van der Waals surface area contributed by atoms with Crippen molar-refractivity contribution in [1.29, 1.82) is 0 Å². The molecule has 0 bridgehead atoms. The minimum absolute atomic E-state index is 0. The number of hydrogen-bond acceptors (Lipinski definition) is 2. The molecule has 3 heteroatoms. The summed E-state index contributed by atoms with van der Waals surface area (Å²) in [5.74, 6) is 0. The number of aliphatic hydroxyl groups excluding tert-OH is 2. The molecule has 0 aromatic carbocycles. The van der Waals surface area contributed by atoms with Crippen molar-refractivity contribution in [3.8, 4) is 0 Å². The molecule has 0 aliphatic rings. The van der Waals surface area contributed by atoms with Crippen LogP contribution in [0.25, 0.3) is 0 Å². The van der Waals surface area contributed by atoms with Gasteiger partial charge in [-0.2, -0.15) is 0 Å². The van der Waals surface area contributed by atoms with Crippen molar-refractivity contribution in [1.82, 2.24) is 0 Å². The first-order chi connectivity index (χ1) is 2.91. The van der Waals surface area contributed by atoms with E-state index < -0.39 is 0 Å². The van der Waals surface area contributed by atoms with Gasteiger partial charge >= 0.3 is 0 Å². The van der Waals surface area contributed by atoms with Crippen molar-refractivity contribution in [3.63, 3.8) is 0 Å². The van der Waals surface area contributed by atoms with Crippen LogP contribution in [0.4, 0.5) is 0 Å². The minimum atomic E-state index is -0.125. The molecule has 0 heterocycles. The molecule has 7 heavy (non-hydrogen) atoms. The second-order valence-electron chi connectivity index (χ2n) is 0.447. The van der Waals surface area contributed by atoms with E-state index in [9.17, 15) is 0 Å². The molecular weight excluding hydrogens is 96.0 g/mol. The van der Waals surface area contributed by atoms with E-state index in [4.69, 9.17) is 10.2 Å². The van der Waals surface area contributed by atoms with Gasteiger partial charge in [-0.25, -0.2) is 0 Å². The van der Waals surface area contributed by atoms with Crippen molar-refractivity contribution in [2.24, 2.45) is 0 Å². The van der Waals surface area contributed by atoms with E-state index in [2.05, 4.69) is 13.2 Å². The van der Waals surface area contributed by atoms with Crippen LogP contribution in [0, 0.1) is 0 Å². The van der Waals surface area contributed by atoms with Crippen LogP contribution in [0.5, 0.6) is 0 Å². The molecule has 0 aliphatic heterocycles. The topological polar surface area (TPSA) is 72.0 Å². The lowest BCUT2D eigenvalue weighted by Crippen LogP contribution is -1.85. The number of aliphatic hydroxyl groups is 2. The molecule has 0 unspecified atom stereocenters. The lowest BCUT2D eigenvalue weighted by Gasteiger charge is -1.70. The van der Waals surface area contributed by atoms with Gasteiger partial charge in [0.15, 0.2) is 0 Å². The van der Waals surface area contributed by atoms with E-state index >= 15 is 0 Å². The Hall–Kier alpha value is -0.380. The molecule has 0 aromatic heterocycles. The Bertz CT molecular complexity index is 14.4. The fraction of sp³-hybridized carbons (Fsp3) is 0.500. The number of hydrogen-bond donors (Lipinski definition) is 2. The van der Waals surface area contributed by atoms with Crippen LogP contribution < -0.4 is 0 Å². The monoisotopic (exact) mass is 108 g/mol. The molecule has 0 aliphatic carbocycles. The lowest BCUT2D eigenvalue weighted by atomic mass is 10.8. The zero-order valence-corrected chi connectivity index (χ0v) is 4.22.